The minimum Gasteiger partial charge on any atom is -0.504 e. The van der Waals surface area contributed by atoms with Gasteiger partial charge < -0.3 is 19.9 Å². The molecule has 6 nitrogen and oxygen atoms in total. The molecular formula is C18H17NO5. The van der Waals surface area contributed by atoms with E-state index in [1.807, 2.05) is 0 Å². The highest BCUT2D eigenvalue weighted by Crippen LogP contribution is 2.26. The minimum atomic E-state index is -0.547. The third-order valence-corrected chi connectivity index (χ3v) is 3.01. The summed E-state index contributed by atoms with van der Waals surface area (Å²) in [6, 6.07) is 11.2. The normalized spacial score (nSPS) is 10.4. The third-order valence-electron chi connectivity index (χ3n) is 3.01. The predicted molar refractivity (Wildman–Crippen MR) is 90.1 cm³/mol. The molecule has 0 saturated carbocycles. The van der Waals surface area contributed by atoms with Gasteiger partial charge in [0.25, 0.3) is 0 Å². The topological polar surface area (TPSA) is 84.9 Å². The molecule has 0 unspecified atom stereocenters. The van der Waals surface area contributed by atoms with Crippen molar-refractivity contribution in [3.63, 3.8) is 0 Å². The number of aromatic hydroxyl groups is 1. The van der Waals surface area contributed by atoms with E-state index in [4.69, 9.17) is 9.47 Å². The summed E-state index contributed by atoms with van der Waals surface area (Å²) in [4.78, 5) is 22.7. The minimum absolute atomic E-state index is 0.0245. The Labute approximate surface area is 139 Å². The van der Waals surface area contributed by atoms with E-state index in [0.717, 1.165) is 0 Å². The van der Waals surface area contributed by atoms with Crippen LogP contribution in [0.4, 0.5) is 5.69 Å². The number of carbonyl (C=O) groups is 2. The Morgan fingerprint density at radius 2 is 1.83 bits per heavy atom. The molecule has 0 aromatic heterocycles. The molecule has 0 aliphatic heterocycles. The van der Waals surface area contributed by atoms with Crippen molar-refractivity contribution in [1.29, 1.82) is 0 Å². The number of esters is 1. The lowest BCUT2D eigenvalue weighted by Gasteiger charge is -2.05. The fourth-order valence-electron chi connectivity index (χ4n) is 1.92. The lowest BCUT2D eigenvalue weighted by atomic mass is 10.2. The smallest absolute Gasteiger partial charge is 0.336 e. The van der Waals surface area contributed by atoms with Crippen LogP contribution < -0.4 is 14.8 Å². The molecule has 2 rings (SSSR count). The van der Waals surface area contributed by atoms with Crippen molar-refractivity contribution in [1.82, 2.24) is 0 Å². The van der Waals surface area contributed by atoms with Gasteiger partial charge in [0.1, 0.15) is 5.75 Å². The molecule has 0 aliphatic rings. The summed E-state index contributed by atoms with van der Waals surface area (Å²) in [6.07, 6.45) is 2.82. The molecule has 0 spiro atoms. The molecule has 0 aliphatic carbocycles. The Morgan fingerprint density at radius 1 is 1.12 bits per heavy atom. The molecule has 1 amide bonds. The Bertz CT molecular complexity index is 765. The summed E-state index contributed by atoms with van der Waals surface area (Å²) in [6.45, 7) is 1.41. The van der Waals surface area contributed by atoms with Gasteiger partial charge in [-0.15, -0.1) is 0 Å². The van der Waals surface area contributed by atoms with Crippen LogP contribution in [0.1, 0.15) is 12.5 Å². The molecule has 2 N–H and O–H groups in total. The fraction of sp³-hybridized carbons (Fsp3) is 0.111. The van der Waals surface area contributed by atoms with Gasteiger partial charge in [-0.3, -0.25) is 4.79 Å². The molecule has 0 bridgehead atoms. The van der Waals surface area contributed by atoms with Crippen LogP contribution in [0.3, 0.4) is 0 Å². The number of methoxy groups -OCH3 is 1. The van der Waals surface area contributed by atoms with Crippen molar-refractivity contribution in [2.75, 3.05) is 12.4 Å². The summed E-state index contributed by atoms with van der Waals surface area (Å²) in [7, 11) is 1.45. The van der Waals surface area contributed by atoms with Crippen LogP contribution in [0.2, 0.25) is 0 Å². The van der Waals surface area contributed by atoms with Crippen LogP contribution >= 0.6 is 0 Å². The van der Waals surface area contributed by atoms with Gasteiger partial charge in [0.15, 0.2) is 11.5 Å². The van der Waals surface area contributed by atoms with Crippen molar-refractivity contribution in [2.24, 2.45) is 0 Å². The summed E-state index contributed by atoms with van der Waals surface area (Å²) >= 11 is 0. The highest BCUT2D eigenvalue weighted by atomic mass is 16.5. The fourth-order valence-corrected chi connectivity index (χ4v) is 1.92. The van der Waals surface area contributed by atoms with Crippen molar-refractivity contribution in [2.45, 2.75) is 6.92 Å². The maximum atomic E-state index is 11.8. The molecule has 0 radical (unpaired) electrons. The molecule has 2 aromatic carbocycles. The second kappa shape index (κ2) is 7.82. The lowest BCUT2D eigenvalue weighted by molar-refractivity contribution is -0.128. The highest BCUT2D eigenvalue weighted by molar-refractivity contribution is 5.90. The number of rotatable bonds is 5. The number of amides is 1. The van der Waals surface area contributed by atoms with Gasteiger partial charge in [0.2, 0.25) is 5.91 Å². The molecule has 0 saturated heterocycles. The zero-order valence-electron chi connectivity index (χ0n) is 13.3. The number of phenolic OH excluding ortho intramolecular Hbond substituents is 1. The Morgan fingerprint density at radius 3 is 2.46 bits per heavy atom. The first-order chi connectivity index (χ1) is 11.5. The lowest BCUT2D eigenvalue weighted by Crippen LogP contribution is -2.06. The first kappa shape index (κ1) is 17.1. The van der Waals surface area contributed by atoms with Crippen molar-refractivity contribution in [3.05, 3.63) is 54.1 Å². The van der Waals surface area contributed by atoms with Crippen LogP contribution in [0, 0.1) is 0 Å². The summed E-state index contributed by atoms with van der Waals surface area (Å²) in [5.41, 5.74) is 1.30. The summed E-state index contributed by atoms with van der Waals surface area (Å²) < 4.78 is 10.2. The number of anilines is 1. The number of hydrogen-bond donors (Lipinski definition) is 2. The van der Waals surface area contributed by atoms with E-state index in [1.54, 1.807) is 42.5 Å². The Hall–Kier alpha value is -3.28. The monoisotopic (exact) mass is 327 g/mol. The van der Waals surface area contributed by atoms with Crippen LogP contribution in [0.15, 0.2) is 48.5 Å². The van der Waals surface area contributed by atoms with Crippen molar-refractivity contribution < 1.29 is 24.2 Å². The molecule has 0 fully saturated rings. The molecule has 2 aromatic rings. The molecular weight excluding hydrogens is 310 g/mol. The number of hydrogen-bond acceptors (Lipinski definition) is 5. The van der Waals surface area contributed by atoms with Gasteiger partial charge in [-0.2, -0.15) is 0 Å². The number of carbonyl (C=O) groups excluding carboxylic acids is 2. The summed E-state index contributed by atoms with van der Waals surface area (Å²) in [5.74, 6) is -0.0149. The molecule has 24 heavy (non-hydrogen) atoms. The van der Waals surface area contributed by atoms with E-state index in [2.05, 4.69) is 5.32 Å². The maximum Gasteiger partial charge on any atom is 0.336 e. The van der Waals surface area contributed by atoms with Gasteiger partial charge in [-0.05, 0) is 48.0 Å². The number of ether oxygens (including phenoxy) is 2. The van der Waals surface area contributed by atoms with Crippen LogP contribution in [0.5, 0.6) is 17.2 Å². The zero-order chi connectivity index (χ0) is 17.5. The van der Waals surface area contributed by atoms with Crippen LogP contribution in [-0.4, -0.2) is 24.1 Å². The quantitative estimate of drug-likeness (QED) is 0.501. The van der Waals surface area contributed by atoms with E-state index in [0.29, 0.717) is 22.7 Å². The molecule has 6 heteroatoms. The Kier molecular flexibility index (Phi) is 5.57. The van der Waals surface area contributed by atoms with Gasteiger partial charge in [-0.25, -0.2) is 4.79 Å². The number of phenols is 1. The second-order valence-electron chi connectivity index (χ2n) is 4.89. The largest absolute Gasteiger partial charge is 0.504 e. The van der Waals surface area contributed by atoms with Crippen molar-refractivity contribution in [3.8, 4) is 17.2 Å². The van der Waals surface area contributed by atoms with E-state index in [-0.39, 0.29) is 11.7 Å². The van der Waals surface area contributed by atoms with E-state index < -0.39 is 5.97 Å². The van der Waals surface area contributed by atoms with E-state index in [1.165, 1.54) is 26.2 Å². The highest BCUT2D eigenvalue weighted by Gasteiger charge is 2.03. The van der Waals surface area contributed by atoms with E-state index >= 15 is 0 Å². The molecule has 124 valence electrons. The standard InChI is InChI=1S/C18H17NO5/c1-12(20)19-14-5-7-15(8-6-14)24-18(22)10-4-13-3-9-16(21)17(11-13)23-2/h3-11,21H,1-2H3,(H,19,20)/b10-4+. The zero-order valence-corrected chi connectivity index (χ0v) is 13.3. The number of benzene rings is 2. The SMILES string of the molecule is COc1cc(/C=C/C(=O)Oc2ccc(NC(C)=O)cc2)ccc1O. The van der Waals surface area contributed by atoms with Crippen LogP contribution in [-0.2, 0) is 9.59 Å². The van der Waals surface area contributed by atoms with Gasteiger partial charge in [0.05, 0.1) is 7.11 Å². The first-order valence-corrected chi connectivity index (χ1v) is 7.12. The maximum absolute atomic E-state index is 11.8. The van der Waals surface area contributed by atoms with E-state index in [9.17, 15) is 14.7 Å². The van der Waals surface area contributed by atoms with Crippen LogP contribution in [0.25, 0.3) is 6.08 Å². The summed E-state index contributed by atoms with van der Waals surface area (Å²) in [5, 5.41) is 12.1. The Balaban J connectivity index is 1.98. The average molecular weight is 327 g/mol. The number of nitrogens with one attached hydrogen (secondary N) is 1. The molecule has 0 heterocycles. The second-order valence-corrected chi connectivity index (χ2v) is 4.89. The third kappa shape index (κ3) is 4.88. The average Bonchev–Trinajstić information content (AvgIpc) is 2.55. The van der Waals surface area contributed by atoms with Gasteiger partial charge >= 0.3 is 5.97 Å². The molecule has 0 atom stereocenters. The van der Waals surface area contributed by atoms with Crippen molar-refractivity contribution >= 4 is 23.6 Å². The predicted octanol–water partition coefficient (Wildman–Crippen LogP) is 2.98. The van der Waals surface area contributed by atoms with Gasteiger partial charge in [0, 0.05) is 18.7 Å². The first-order valence-electron chi connectivity index (χ1n) is 7.12. The van der Waals surface area contributed by atoms with Gasteiger partial charge in [-0.1, -0.05) is 6.07 Å².